The van der Waals surface area contributed by atoms with Crippen LogP contribution >= 0.6 is 0 Å². The molecule has 0 bridgehead atoms. The number of β-amino-alcohol motifs (C(OH)–C–C–N with tert-alkyl or cyclic N) is 1. The highest BCUT2D eigenvalue weighted by Gasteiger charge is 2.30. The quantitative estimate of drug-likeness (QED) is 0.778. The zero-order valence-electron chi connectivity index (χ0n) is 10.9. The van der Waals surface area contributed by atoms with Crippen LogP contribution in [0.1, 0.15) is 12.8 Å². The molecule has 1 aliphatic heterocycles. The van der Waals surface area contributed by atoms with Gasteiger partial charge in [-0.3, -0.25) is 9.69 Å². The third-order valence-corrected chi connectivity index (χ3v) is 3.32. The van der Waals surface area contributed by atoms with E-state index >= 15 is 0 Å². The fourth-order valence-electron chi connectivity index (χ4n) is 2.40. The first kappa shape index (κ1) is 13.8. The standard InChI is InChI=1S/C14H20N2O3/c15-14(18)13-7-4-8-16(13)9-11(17)10-19-12-5-2-1-3-6-12/h1-3,5-6,11,13,17H,4,7-10H2,(H2,15,18). The lowest BCUT2D eigenvalue weighted by atomic mass is 10.2. The smallest absolute Gasteiger partial charge is 0.234 e. The molecule has 1 amide bonds. The van der Waals surface area contributed by atoms with Crippen molar-refractivity contribution < 1.29 is 14.6 Å². The number of rotatable bonds is 6. The zero-order chi connectivity index (χ0) is 13.7. The topological polar surface area (TPSA) is 75.8 Å². The molecule has 5 heteroatoms. The highest BCUT2D eigenvalue weighted by Crippen LogP contribution is 2.17. The van der Waals surface area contributed by atoms with Crippen molar-refractivity contribution in [3.63, 3.8) is 0 Å². The maximum absolute atomic E-state index is 11.2. The Bertz CT molecular complexity index is 410. The Hall–Kier alpha value is -1.59. The molecule has 2 atom stereocenters. The molecular formula is C14H20N2O3. The molecule has 1 saturated heterocycles. The summed E-state index contributed by atoms with van der Waals surface area (Å²) in [6.45, 7) is 1.43. The molecule has 2 unspecified atom stereocenters. The first-order chi connectivity index (χ1) is 9.16. The Morgan fingerprint density at radius 1 is 1.47 bits per heavy atom. The molecule has 5 nitrogen and oxygen atoms in total. The second-order valence-corrected chi connectivity index (χ2v) is 4.83. The number of hydrogen-bond donors (Lipinski definition) is 2. The van der Waals surface area contributed by atoms with Crippen LogP contribution in [0.5, 0.6) is 5.75 Å². The van der Waals surface area contributed by atoms with Gasteiger partial charge in [0.05, 0.1) is 6.04 Å². The normalized spacial score (nSPS) is 21.2. The van der Waals surface area contributed by atoms with E-state index in [2.05, 4.69) is 0 Å². The van der Waals surface area contributed by atoms with Crippen molar-refractivity contribution in [2.24, 2.45) is 5.73 Å². The number of primary amides is 1. The third-order valence-electron chi connectivity index (χ3n) is 3.32. The average molecular weight is 264 g/mol. The summed E-state index contributed by atoms with van der Waals surface area (Å²) in [5.41, 5.74) is 5.34. The molecule has 1 fully saturated rings. The van der Waals surface area contributed by atoms with Gasteiger partial charge in [0.25, 0.3) is 0 Å². The van der Waals surface area contributed by atoms with Crippen molar-refractivity contribution >= 4 is 5.91 Å². The highest BCUT2D eigenvalue weighted by atomic mass is 16.5. The van der Waals surface area contributed by atoms with Gasteiger partial charge in [-0.1, -0.05) is 18.2 Å². The monoisotopic (exact) mass is 264 g/mol. The Morgan fingerprint density at radius 2 is 2.21 bits per heavy atom. The third kappa shape index (κ3) is 3.94. The van der Waals surface area contributed by atoms with Crippen molar-refractivity contribution in [2.45, 2.75) is 25.0 Å². The van der Waals surface area contributed by atoms with E-state index in [0.29, 0.717) is 6.54 Å². The molecule has 0 spiro atoms. The van der Waals surface area contributed by atoms with Gasteiger partial charge in [-0.15, -0.1) is 0 Å². The number of para-hydroxylation sites is 1. The van der Waals surface area contributed by atoms with E-state index in [9.17, 15) is 9.90 Å². The second kappa shape index (κ2) is 6.54. The average Bonchev–Trinajstić information content (AvgIpc) is 2.86. The van der Waals surface area contributed by atoms with E-state index in [1.165, 1.54) is 0 Å². The molecule has 0 radical (unpaired) electrons. The number of hydrogen-bond acceptors (Lipinski definition) is 4. The molecule has 0 aliphatic carbocycles. The molecule has 1 aliphatic rings. The number of aliphatic hydroxyl groups is 1. The lowest BCUT2D eigenvalue weighted by Gasteiger charge is -2.24. The van der Waals surface area contributed by atoms with E-state index in [-0.39, 0.29) is 18.6 Å². The number of carbonyl (C=O) groups excluding carboxylic acids is 1. The molecular weight excluding hydrogens is 244 g/mol. The van der Waals surface area contributed by atoms with Crippen LogP contribution in [-0.2, 0) is 4.79 Å². The van der Waals surface area contributed by atoms with Crippen LogP contribution in [0, 0.1) is 0 Å². The summed E-state index contributed by atoms with van der Waals surface area (Å²) in [5.74, 6) is 0.420. The van der Waals surface area contributed by atoms with Gasteiger partial charge < -0.3 is 15.6 Å². The van der Waals surface area contributed by atoms with Crippen LogP contribution in [-0.4, -0.2) is 47.8 Å². The number of carbonyl (C=O) groups is 1. The first-order valence-electron chi connectivity index (χ1n) is 6.56. The first-order valence-corrected chi connectivity index (χ1v) is 6.56. The molecule has 2 rings (SSSR count). The largest absolute Gasteiger partial charge is 0.491 e. The molecule has 0 aromatic heterocycles. The van der Waals surface area contributed by atoms with Crippen LogP contribution in [0.15, 0.2) is 30.3 Å². The van der Waals surface area contributed by atoms with Gasteiger partial charge in [0.15, 0.2) is 0 Å². The van der Waals surface area contributed by atoms with Gasteiger partial charge in [-0.25, -0.2) is 0 Å². The number of nitrogens with two attached hydrogens (primary N) is 1. The predicted molar refractivity (Wildman–Crippen MR) is 71.7 cm³/mol. The van der Waals surface area contributed by atoms with E-state index in [1.807, 2.05) is 35.2 Å². The van der Waals surface area contributed by atoms with E-state index in [1.54, 1.807) is 0 Å². The van der Waals surface area contributed by atoms with Gasteiger partial charge in [0.2, 0.25) is 5.91 Å². The van der Waals surface area contributed by atoms with Crippen LogP contribution in [0.3, 0.4) is 0 Å². The number of benzene rings is 1. The van der Waals surface area contributed by atoms with Crippen molar-refractivity contribution in [2.75, 3.05) is 19.7 Å². The van der Waals surface area contributed by atoms with Crippen LogP contribution in [0.4, 0.5) is 0 Å². The lowest BCUT2D eigenvalue weighted by molar-refractivity contribution is -0.122. The van der Waals surface area contributed by atoms with Crippen molar-refractivity contribution in [1.82, 2.24) is 4.90 Å². The molecule has 0 saturated carbocycles. The van der Waals surface area contributed by atoms with E-state index in [0.717, 1.165) is 25.1 Å². The summed E-state index contributed by atoms with van der Waals surface area (Å²) in [4.78, 5) is 13.2. The van der Waals surface area contributed by atoms with Crippen molar-refractivity contribution in [3.8, 4) is 5.75 Å². The molecule has 3 N–H and O–H groups in total. The van der Waals surface area contributed by atoms with Gasteiger partial charge in [0, 0.05) is 6.54 Å². The highest BCUT2D eigenvalue weighted by molar-refractivity contribution is 5.80. The summed E-state index contributed by atoms with van der Waals surface area (Å²) in [6.07, 6.45) is 1.10. The number of aliphatic hydroxyl groups excluding tert-OH is 1. The fraction of sp³-hybridized carbons (Fsp3) is 0.500. The molecule has 1 aromatic rings. The Balaban J connectivity index is 1.78. The lowest BCUT2D eigenvalue weighted by Crippen LogP contribution is -2.44. The number of amides is 1. The number of nitrogens with zero attached hydrogens (tertiary/aromatic N) is 1. The summed E-state index contributed by atoms with van der Waals surface area (Å²) < 4.78 is 5.48. The number of ether oxygens (including phenoxy) is 1. The Kier molecular flexibility index (Phi) is 4.76. The predicted octanol–water partition coefficient (Wildman–Crippen LogP) is 0.376. The molecule has 1 heterocycles. The van der Waals surface area contributed by atoms with Crippen molar-refractivity contribution in [3.05, 3.63) is 30.3 Å². The number of likely N-dealkylation sites (tertiary alicyclic amines) is 1. The van der Waals surface area contributed by atoms with Gasteiger partial charge in [0.1, 0.15) is 18.5 Å². The molecule has 1 aromatic carbocycles. The van der Waals surface area contributed by atoms with Gasteiger partial charge in [-0.2, -0.15) is 0 Å². The SMILES string of the molecule is NC(=O)C1CCCN1CC(O)COc1ccccc1. The summed E-state index contributed by atoms with van der Waals surface area (Å²) >= 11 is 0. The van der Waals surface area contributed by atoms with E-state index in [4.69, 9.17) is 10.5 Å². The summed E-state index contributed by atoms with van der Waals surface area (Å²) in [5, 5.41) is 9.95. The Morgan fingerprint density at radius 3 is 2.89 bits per heavy atom. The summed E-state index contributed by atoms with van der Waals surface area (Å²) in [6, 6.07) is 9.11. The minimum Gasteiger partial charge on any atom is -0.491 e. The van der Waals surface area contributed by atoms with Crippen LogP contribution in [0.2, 0.25) is 0 Å². The van der Waals surface area contributed by atoms with Gasteiger partial charge >= 0.3 is 0 Å². The minimum atomic E-state index is -0.625. The summed E-state index contributed by atoms with van der Waals surface area (Å²) in [7, 11) is 0. The molecule has 19 heavy (non-hydrogen) atoms. The minimum absolute atomic E-state index is 0.214. The van der Waals surface area contributed by atoms with Gasteiger partial charge in [-0.05, 0) is 31.5 Å². The Labute approximate surface area is 113 Å². The maximum Gasteiger partial charge on any atom is 0.234 e. The fourth-order valence-corrected chi connectivity index (χ4v) is 2.40. The molecule has 104 valence electrons. The van der Waals surface area contributed by atoms with E-state index < -0.39 is 6.10 Å². The van der Waals surface area contributed by atoms with Crippen LogP contribution in [0.25, 0.3) is 0 Å². The maximum atomic E-state index is 11.2. The second-order valence-electron chi connectivity index (χ2n) is 4.83. The van der Waals surface area contributed by atoms with Crippen LogP contribution < -0.4 is 10.5 Å². The van der Waals surface area contributed by atoms with Crippen molar-refractivity contribution in [1.29, 1.82) is 0 Å². The zero-order valence-corrected chi connectivity index (χ0v) is 10.9.